The first kappa shape index (κ1) is 16.1. The van der Waals surface area contributed by atoms with Crippen molar-refractivity contribution in [1.29, 1.82) is 0 Å². The Balaban J connectivity index is 2.30. The van der Waals surface area contributed by atoms with Crippen molar-refractivity contribution in [2.45, 2.75) is 13.5 Å². The number of carbonyl (C=O) groups excluding carboxylic acids is 1. The number of amides is 1. The van der Waals surface area contributed by atoms with Gasteiger partial charge in [-0.15, -0.1) is 0 Å². The second kappa shape index (κ2) is 7.13. The number of nitrogens with two attached hydrogens (primary N) is 1. The van der Waals surface area contributed by atoms with Crippen molar-refractivity contribution >= 4 is 23.2 Å². The summed E-state index contributed by atoms with van der Waals surface area (Å²) in [5, 5.41) is 0.332. The minimum Gasteiger partial charge on any atom is -0.496 e. The number of carbonyl (C=O) groups is 1. The average Bonchev–Trinajstić information content (AvgIpc) is 2.55. The molecule has 0 radical (unpaired) electrons. The Hall–Kier alpha value is -2.27. The van der Waals surface area contributed by atoms with E-state index in [1.54, 1.807) is 23.2 Å². The minimum atomic E-state index is -0.174. The van der Waals surface area contributed by atoms with Crippen LogP contribution in [0.5, 0.6) is 5.75 Å². The predicted octanol–water partition coefficient (Wildman–Crippen LogP) is 2.99. The van der Waals surface area contributed by atoms with Crippen LogP contribution < -0.4 is 10.5 Å². The molecule has 0 atom stereocenters. The second-order valence-electron chi connectivity index (χ2n) is 4.71. The summed E-state index contributed by atoms with van der Waals surface area (Å²) >= 11 is 6.03. The lowest BCUT2D eigenvalue weighted by Gasteiger charge is -2.22. The Labute approximate surface area is 134 Å². The van der Waals surface area contributed by atoms with Gasteiger partial charge in [0.05, 0.1) is 35.6 Å². The number of aromatic nitrogens is 1. The molecule has 1 amide bonds. The predicted molar refractivity (Wildman–Crippen MR) is 87.1 cm³/mol. The standard InChI is InChI=1S/C16H18ClN3O2/c1-3-20(10-11-6-4-5-7-19-11)16(21)12-8-13(17)14(18)9-15(12)22-2/h4-9H,3,10,18H2,1-2H3. The van der Waals surface area contributed by atoms with Crippen molar-refractivity contribution in [3.05, 3.63) is 52.8 Å². The Morgan fingerprint density at radius 1 is 1.41 bits per heavy atom. The zero-order valence-electron chi connectivity index (χ0n) is 12.5. The third-order valence-electron chi connectivity index (χ3n) is 3.30. The van der Waals surface area contributed by atoms with Gasteiger partial charge in [0.15, 0.2) is 0 Å². The van der Waals surface area contributed by atoms with Crippen LogP contribution in [-0.2, 0) is 6.54 Å². The van der Waals surface area contributed by atoms with Crippen LogP contribution in [0.3, 0.4) is 0 Å². The highest BCUT2D eigenvalue weighted by Crippen LogP contribution is 2.30. The van der Waals surface area contributed by atoms with Crippen LogP contribution in [0.25, 0.3) is 0 Å². The number of benzene rings is 1. The number of pyridine rings is 1. The van der Waals surface area contributed by atoms with Crippen molar-refractivity contribution in [3.8, 4) is 5.75 Å². The molecule has 1 aromatic carbocycles. The fraction of sp³-hybridized carbons (Fsp3) is 0.250. The van der Waals surface area contributed by atoms with Crippen molar-refractivity contribution in [1.82, 2.24) is 9.88 Å². The van der Waals surface area contributed by atoms with Crippen LogP contribution >= 0.6 is 11.6 Å². The summed E-state index contributed by atoms with van der Waals surface area (Å²) in [6.45, 7) is 2.87. The number of nitrogen functional groups attached to an aromatic ring is 1. The fourth-order valence-corrected chi connectivity index (χ4v) is 2.25. The molecule has 116 valence electrons. The lowest BCUT2D eigenvalue weighted by Crippen LogP contribution is -2.31. The number of rotatable bonds is 5. The van der Waals surface area contributed by atoms with Gasteiger partial charge in [-0.2, -0.15) is 0 Å². The zero-order valence-corrected chi connectivity index (χ0v) is 13.3. The van der Waals surface area contributed by atoms with Gasteiger partial charge >= 0.3 is 0 Å². The Bertz CT molecular complexity index is 662. The molecule has 0 saturated carbocycles. The molecule has 0 aliphatic heterocycles. The van der Waals surface area contributed by atoms with Crippen molar-refractivity contribution in [3.63, 3.8) is 0 Å². The molecular weight excluding hydrogens is 302 g/mol. The normalized spacial score (nSPS) is 10.3. The molecule has 0 unspecified atom stereocenters. The SMILES string of the molecule is CCN(Cc1ccccn1)C(=O)c1cc(Cl)c(N)cc1OC. The molecule has 2 N–H and O–H groups in total. The summed E-state index contributed by atoms with van der Waals surface area (Å²) in [6, 6.07) is 8.71. The quantitative estimate of drug-likeness (QED) is 0.860. The number of nitrogens with zero attached hydrogens (tertiary/aromatic N) is 2. The Morgan fingerprint density at radius 2 is 2.18 bits per heavy atom. The molecule has 2 rings (SSSR count). The lowest BCUT2D eigenvalue weighted by atomic mass is 10.1. The largest absolute Gasteiger partial charge is 0.496 e. The van der Waals surface area contributed by atoms with Gasteiger partial charge in [-0.1, -0.05) is 17.7 Å². The van der Waals surface area contributed by atoms with E-state index in [1.165, 1.54) is 7.11 Å². The van der Waals surface area contributed by atoms with Gasteiger partial charge in [-0.3, -0.25) is 9.78 Å². The van der Waals surface area contributed by atoms with Crippen LogP contribution in [0, 0.1) is 0 Å². The molecule has 1 aromatic heterocycles. The van der Waals surface area contributed by atoms with Crippen LogP contribution in [0.2, 0.25) is 5.02 Å². The van der Waals surface area contributed by atoms with E-state index in [-0.39, 0.29) is 5.91 Å². The van der Waals surface area contributed by atoms with E-state index in [0.717, 1.165) is 5.69 Å². The first-order chi connectivity index (χ1) is 10.6. The molecular formula is C16H18ClN3O2. The molecule has 0 bridgehead atoms. The summed E-state index contributed by atoms with van der Waals surface area (Å²) in [5.74, 6) is 0.235. The minimum absolute atomic E-state index is 0.174. The van der Waals surface area contributed by atoms with E-state index >= 15 is 0 Å². The molecule has 22 heavy (non-hydrogen) atoms. The topological polar surface area (TPSA) is 68.5 Å². The van der Waals surface area contributed by atoms with E-state index in [2.05, 4.69) is 4.98 Å². The molecule has 0 aliphatic rings. The highest BCUT2D eigenvalue weighted by atomic mass is 35.5. The lowest BCUT2D eigenvalue weighted by molar-refractivity contribution is 0.0747. The molecule has 0 aliphatic carbocycles. The van der Waals surface area contributed by atoms with Crippen LogP contribution in [0.15, 0.2) is 36.5 Å². The van der Waals surface area contributed by atoms with Crippen molar-refractivity contribution in [2.75, 3.05) is 19.4 Å². The number of anilines is 1. The van der Waals surface area contributed by atoms with Gasteiger partial charge in [0.2, 0.25) is 0 Å². The smallest absolute Gasteiger partial charge is 0.258 e. The van der Waals surface area contributed by atoms with Crippen LogP contribution in [0.1, 0.15) is 23.0 Å². The monoisotopic (exact) mass is 319 g/mol. The third-order valence-corrected chi connectivity index (χ3v) is 3.62. The van der Waals surface area contributed by atoms with Gasteiger partial charge in [-0.25, -0.2) is 0 Å². The second-order valence-corrected chi connectivity index (χ2v) is 5.12. The van der Waals surface area contributed by atoms with Crippen molar-refractivity contribution in [2.24, 2.45) is 0 Å². The van der Waals surface area contributed by atoms with Gasteiger partial charge < -0.3 is 15.4 Å². The molecule has 0 spiro atoms. The molecule has 0 fully saturated rings. The van der Waals surface area contributed by atoms with E-state index in [0.29, 0.717) is 35.1 Å². The van der Waals surface area contributed by atoms with Crippen LogP contribution in [0.4, 0.5) is 5.69 Å². The summed E-state index contributed by atoms with van der Waals surface area (Å²) < 4.78 is 5.25. The first-order valence-corrected chi connectivity index (χ1v) is 7.26. The highest BCUT2D eigenvalue weighted by Gasteiger charge is 2.20. The Kier molecular flexibility index (Phi) is 5.22. The number of halogens is 1. The van der Waals surface area contributed by atoms with E-state index < -0.39 is 0 Å². The maximum Gasteiger partial charge on any atom is 0.258 e. The van der Waals surface area contributed by atoms with Gasteiger partial charge in [0.1, 0.15) is 5.75 Å². The number of hydrogen-bond donors (Lipinski definition) is 1. The Morgan fingerprint density at radius 3 is 2.77 bits per heavy atom. The molecule has 0 saturated heterocycles. The fourth-order valence-electron chi connectivity index (χ4n) is 2.09. The number of methoxy groups -OCH3 is 1. The van der Waals surface area contributed by atoms with Crippen molar-refractivity contribution < 1.29 is 9.53 Å². The number of ether oxygens (including phenoxy) is 1. The van der Waals surface area contributed by atoms with E-state index in [4.69, 9.17) is 22.1 Å². The molecule has 1 heterocycles. The molecule has 6 heteroatoms. The molecule has 5 nitrogen and oxygen atoms in total. The zero-order chi connectivity index (χ0) is 16.1. The van der Waals surface area contributed by atoms with Gasteiger partial charge in [-0.05, 0) is 25.1 Å². The summed E-state index contributed by atoms with van der Waals surface area (Å²) in [7, 11) is 1.49. The van der Waals surface area contributed by atoms with Crippen LogP contribution in [-0.4, -0.2) is 29.4 Å². The third kappa shape index (κ3) is 3.49. The van der Waals surface area contributed by atoms with Gasteiger partial charge in [0, 0.05) is 18.8 Å². The maximum atomic E-state index is 12.7. The van der Waals surface area contributed by atoms with E-state index in [1.807, 2.05) is 25.1 Å². The van der Waals surface area contributed by atoms with E-state index in [9.17, 15) is 4.79 Å². The summed E-state index contributed by atoms with van der Waals surface area (Å²) in [4.78, 5) is 18.7. The molecule has 2 aromatic rings. The van der Waals surface area contributed by atoms with Gasteiger partial charge in [0.25, 0.3) is 5.91 Å². The number of hydrogen-bond acceptors (Lipinski definition) is 4. The average molecular weight is 320 g/mol. The first-order valence-electron chi connectivity index (χ1n) is 6.89. The highest BCUT2D eigenvalue weighted by molar-refractivity contribution is 6.33. The maximum absolute atomic E-state index is 12.7. The summed E-state index contributed by atoms with van der Waals surface area (Å²) in [5.41, 5.74) is 7.33. The summed E-state index contributed by atoms with van der Waals surface area (Å²) in [6.07, 6.45) is 1.70.